The predicted octanol–water partition coefficient (Wildman–Crippen LogP) is 2.02. The Balaban J connectivity index is 3.55. The van der Waals surface area contributed by atoms with Crippen molar-refractivity contribution in [3.63, 3.8) is 0 Å². The Labute approximate surface area is 101 Å². The maximum absolute atomic E-state index is 10.5. The third-order valence-corrected chi connectivity index (χ3v) is 2.77. The minimum atomic E-state index is 0.585. The summed E-state index contributed by atoms with van der Waals surface area (Å²) in [6.45, 7) is 5.91. The molecule has 0 saturated heterocycles. The normalized spacial score (nSPS) is 11.3. The van der Waals surface area contributed by atoms with E-state index in [1.54, 1.807) is 0 Å². The lowest BCUT2D eigenvalue weighted by Crippen LogP contribution is -2.33. The summed E-state index contributed by atoms with van der Waals surface area (Å²) >= 11 is 0. The van der Waals surface area contributed by atoms with Crippen LogP contribution in [0.1, 0.15) is 39.0 Å². The van der Waals surface area contributed by atoms with Gasteiger partial charge in [-0.2, -0.15) is 0 Å². The molecule has 0 fully saturated rings. The molecule has 0 heterocycles. The molecule has 0 amide bonds. The largest absolute Gasteiger partial charge is 0.308 e. The van der Waals surface area contributed by atoms with Gasteiger partial charge in [0, 0.05) is 13.1 Å². The van der Waals surface area contributed by atoms with Crippen molar-refractivity contribution in [1.29, 1.82) is 0 Å². The summed E-state index contributed by atoms with van der Waals surface area (Å²) < 4.78 is 0. The number of rotatable bonds is 11. The van der Waals surface area contributed by atoms with Gasteiger partial charge in [0.2, 0.25) is 0 Å². The van der Waals surface area contributed by atoms with Gasteiger partial charge in [0.25, 0.3) is 0 Å². The number of aldehydes is 1. The summed E-state index contributed by atoms with van der Waals surface area (Å²) in [6, 6.07) is 0. The fourth-order valence-corrected chi connectivity index (χ4v) is 1.68. The Morgan fingerprint density at radius 1 is 0.938 bits per heavy atom. The van der Waals surface area contributed by atoms with Gasteiger partial charge in [-0.15, -0.1) is 0 Å². The molecule has 0 aromatic carbocycles. The van der Waals surface area contributed by atoms with E-state index in [4.69, 9.17) is 0 Å². The van der Waals surface area contributed by atoms with Crippen LogP contribution in [-0.2, 0) is 4.79 Å². The quantitative estimate of drug-likeness (QED) is 0.399. The Bertz CT molecular complexity index is 160. The molecular weight excluding hydrogens is 200 g/mol. The zero-order valence-electron chi connectivity index (χ0n) is 11.2. The lowest BCUT2D eigenvalue weighted by Gasteiger charge is -2.21. The van der Waals surface area contributed by atoms with Crippen molar-refractivity contribution < 1.29 is 4.79 Å². The molecule has 3 heteroatoms. The Kier molecular flexibility index (Phi) is 10.8. The van der Waals surface area contributed by atoms with E-state index in [9.17, 15) is 4.79 Å². The van der Waals surface area contributed by atoms with Crippen molar-refractivity contribution in [2.24, 2.45) is 0 Å². The summed E-state index contributed by atoms with van der Waals surface area (Å²) in [5, 5.41) is 0. The van der Waals surface area contributed by atoms with Crippen LogP contribution < -0.4 is 0 Å². The topological polar surface area (TPSA) is 23.6 Å². The molecule has 0 N–H and O–H groups in total. The number of unbranched alkanes of at least 4 members (excludes halogenated alkanes) is 4. The van der Waals surface area contributed by atoms with Crippen molar-refractivity contribution in [2.45, 2.75) is 39.0 Å². The molecule has 16 heavy (non-hydrogen) atoms. The Morgan fingerprint density at radius 2 is 1.62 bits per heavy atom. The minimum Gasteiger partial charge on any atom is -0.308 e. The highest BCUT2D eigenvalue weighted by molar-refractivity contribution is 5.51. The molecule has 0 unspecified atom stereocenters. The lowest BCUT2D eigenvalue weighted by molar-refractivity contribution is -0.108. The van der Waals surface area contributed by atoms with E-state index in [2.05, 4.69) is 30.8 Å². The van der Waals surface area contributed by atoms with Gasteiger partial charge in [-0.3, -0.25) is 4.90 Å². The zero-order chi connectivity index (χ0) is 12.2. The van der Waals surface area contributed by atoms with Gasteiger partial charge >= 0.3 is 0 Å². The molecule has 0 spiro atoms. The molecule has 96 valence electrons. The number of carbonyl (C=O) groups is 1. The second kappa shape index (κ2) is 11.1. The first-order chi connectivity index (χ1) is 7.70. The minimum absolute atomic E-state index is 0.585. The molecule has 0 aliphatic carbocycles. The van der Waals surface area contributed by atoms with E-state index in [-0.39, 0.29) is 0 Å². The first-order valence-corrected chi connectivity index (χ1v) is 6.51. The Morgan fingerprint density at radius 3 is 2.19 bits per heavy atom. The summed E-state index contributed by atoms with van der Waals surface area (Å²) in [7, 11) is 4.14. The van der Waals surface area contributed by atoms with Crippen molar-refractivity contribution >= 4 is 6.29 Å². The Hall–Kier alpha value is -0.410. The second-order valence-electron chi connectivity index (χ2n) is 4.68. The standard InChI is InChI=1S/C13H28N2O/c1-4-5-6-7-8-9-15(12-13-16)11-10-14(2)3/h13H,4-12H2,1-3H3. The maximum Gasteiger partial charge on any atom is 0.133 e. The third-order valence-electron chi connectivity index (χ3n) is 2.77. The number of carbonyl (C=O) groups excluding carboxylic acids is 1. The average molecular weight is 228 g/mol. The summed E-state index contributed by atoms with van der Waals surface area (Å²) in [5.41, 5.74) is 0. The van der Waals surface area contributed by atoms with Crippen LogP contribution in [0, 0.1) is 0 Å². The highest BCUT2D eigenvalue weighted by Gasteiger charge is 2.03. The SMILES string of the molecule is CCCCCCCN(CC=O)CCN(C)C. The molecule has 0 aliphatic heterocycles. The summed E-state index contributed by atoms with van der Waals surface area (Å²) in [6.07, 6.45) is 7.50. The van der Waals surface area contributed by atoms with Gasteiger partial charge < -0.3 is 9.69 Å². The molecular formula is C13H28N2O. The first-order valence-electron chi connectivity index (χ1n) is 6.51. The van der Waals surface area contributed by atoms with Gasteiger partial charge in [-0.25, -0.2) is 0 Å². The maximum atomic E-state index is 10.5. The van der Waals surface area contributed by atoms with Gasteiger partial charge in [-0.05, 0) is 27.1 Å². The summed E-state index contributed by atoms with van der Waals surface area (Å²) in [5.74, 6) is 0. The van der Waals surface area contributed by atoms with Gasteiger partial charge in [-0.1, -0.05) is 32.6 Å². The highest BCUT2D eigenvalue weighted by Crippen LogP contribution is 2.03. The molecule has 0 saturated carbocycles. The monoisotopic (exact) mass is 228 g/mol. The van der Waals surface area contributed by atoms with Gasteiger partial charge in [0.05, 0.1) is 6.54 Å². The van der Waals surface area contributed by atoms with Crippen LogP contribution >= 0.6 is 0 Å². The van der Waals surface area contributed by atoms with E-state index in [0.29, 0.717) is 6.54 Å². The van der Waals surface area contributed by atoms with Crippen LogP contribution in [0.2, 0.25) is 0 Å². The van der Waals surface area contributed by atoms with E-state index in [1.165, 1.54) is 32.1 Å². The highest BCUT2D eigenvalue weighted by atomic mass is 16.1. The van der Waals surface area contributed by atoms with Crippen LogP contribution in [0.15, 0.2) is 0 Å². The smallest absolute Gasteiger partial charge is 0.133 e. The number of likely N-dealkylation sites (N-methyl/N-ethyl adjacent to an activating group) is 1. The second-order valence-corrected chi connectivity index (χ2v) is 4.68. The van der Waals surface area contributed by atoms with Crippen LogP contribution in [0.3, 0.4) is 0 Å². The van der Waals surface area contributed by atoms with Gasteiger partial charge in [0.15, 0.2) is 0 Å². The van der Waals surface area contributed by atoms with E-state index >= 15 is 0 Å². The first kappa shape index (κ1) is 15.6. The molecule has 0 aromatic rings. The molecule has 0 rings (SSSR count). The van der Waals surface area contributed by atoms with Crippen LogP contribution in [0.5, 0.6) is 0 Å². The van der Waals surface area contributed by atoms with Crippen molar-refractivity contribution in [3.05, 3.63) is 0 Å². The predicted molar refractivity (Wildman–Crippen MR) is 69.8 cm³/mol. The fraction of sp³-hybridized carbons (Fsp3) is 0.923. The molecule has 0 aromatic heterocycles. The number of hydrogen-bond acceptors (Lipinski definition) is 3. The number of hydrogen-bond donors (Lipinski definition) is 0. The molecule has 0 atom stereocenters. The fourth-order valence-electron chi connectivity index (χ4n) is 1.68. The molecule has 0 bridgehead atoms. The third kappa shape index (κ3) is 10.1. The van der Waals surface area contributed by atoms with Crippen molar-refractivity contribution in [1.82, 2.24) is 9.80 Å². The molecule has 3 nitrogen and oxygen atoms in total. The van der Waals surface area contributed by atoms with Crippen LogP contribution in [0.25, 0.3) is 0 Å². The van der Waals surface area contributed by atoms with Crippen LogP contribution in [-0.4, -0.2) is 56.4 Å². The average Bonchev–Trinajstić information content (AvgIpc) is 2.25. The van der Waals surface area contributed by atoms with E-state index in [1.807, 2.05) is 0 Å². The lowest BCUT2D eigenvalue weighted by atomic mass is 10.1. The molecule has 0 radical (unpaired) electrons. The zero-order valence-corrected chi connectivity index (χ0v) is 11.2. The van der Waals surface area contributed by atoms with Crippen molar-refractivity contribution in [3.8, 4) is 0 Å². The van der Waals surface area contributed by atoms with Crippen molar-refractivity contribution in [2.75, 3.05) is 40.3 Å². The summed E-state index contributed by atoms with van der Waals surface area (Å²) in [4.78, 5) is 15.0. The van der Waals surface area contributed by atoms with E-state index in [0.717, 1.165) is 25.9 Å². The van der Waals surface area contributed by atoms with Crippen LogP contribution in [0.4, 0.5) is 0 Å². The van der Waals surface area contributed by atoms with Gasteiger partial charge in [0.1, 0.15) is 6.29 Å². The number of nitrogens with zero attached hydrogens (tertiary/aromatic N) is 2. The van der Waals surface area contributed by atoms with E-state index < -0.39 is 0 Å². The molecule has 0 aliphatic rings.